The quantitative estimate of drug-likeness (QED) is 0.0416. The Kier molecular flexibility index (Phi) is 25.9. The summed E-state index contributed by atoms with van der Waals surface area (Å²) < 4.78 is 13.9. The molecule has 2 aliphatic heterocycles. The van der Waals surface area contributed by atoms with Gasteiger partial charge in [0.05, 0.1) is 21.6 Å². The second kappa shape index (κ2) is 35.6. The van der Waals surface area contributed by atoms with Crippen molar-refractivity contribution in [1.29, 1.82) is 0 Å². The van der Waals surface area contributed by atoms with Gasteiger partial charge in [-0.15, -0.1) is 68.9 Å². The molecule has 2 aliphatic carbocycles. The van der Waals surface area contributed by atoms with Gasteiger partial charge in [0.1, 0.15) is 38.5 Å². The molecule has 25 heteroatoms. The third kappa shape index (κ3) is 18.9. The number of thiophene rings is 4. The molecule has 11 aromatic rings. The minimum Gasteiger partial charge on any atom is -0.478 e. The second-order valence-electron chi connectivity index (χ2n) is 25.6. The molecular weight excluding hydrogens is 1560 g/mol. The van der Waals surface area contributed by atoms with E-state index in [2.05, 4.69) is 10.6 Å². The van der Waals surface area contributed by atoms with E-state index in [0.29, 0.717) is 87.0 Å². The van der Waals surface area contributed by atoms with Crippen LogP contribution in [0.2, 0.25) is 20.1 Å². The number of benzene rings is 7. The Morgan fingerprint density at radius 3 is 1.30 bits per heavy atom. The minimum absolute atomic E-state index is 0.0346. The number of rotatable bonds is 20. The van der Waals surface area contributed by atoms with Crippen LogP contribution in [0.3, 0.4) is 0 Å². The molecule has 546 valence electrons. The van der Waals surface area contributed by atoms with Crippen LogP contribution in [0, 0.1) is 11.7 Å². The van der Waals surface area contributed by atoms with Crippen LogP contribution >= 0.6 is 115 Å². The van der Waals surface area contributed by atoms with E-state index in [9.17, 15) is 63.2 Å². The molecular formula is C82H65Cl4FN2O12S6. The average molecular weight is 1620 g/mol. The fourth-order valence-corrected chi connectivity index (χ4v) is 20.2. The number of nitrogens with one attached hydrogen (secondary N) is 2. The molecule has 2 amide bonds. The number of carbonyl (C=O) groups is 8. The van der Waals surface area contributed by atoms with Crippen molar-refractivity contribution in [3.8, 4) is 44.5 Å². The molecule has 7 aromatic carbocycles. The highest BCUT2D eigenvalue weighted by Gasteiger charge is 2.36. The van der Waals surface area contributed by atoms with Gasteiger partial charge in [-0.1, -0.05) is 176 Å². The molecule has 0 bridgehead atoms. The molecule has 107 heavy (non-hydrogen) atoms. The lowest BCUT2D eigenvalue weighted by atomic mass is 9.74. The zero-order valence-corrected chi connectivity index (χ0v) is 64.5. The Labute approximate surface area is 660 Å². The average Bonchev–Trinajstić information content (AvgIpc) is 1.76. The predicted octanol–water partition coefficient (Wildman–Crippen LogP) is 22.4. The van der Waals surface area contributed by atoms with E-state index in [4.69, 9.17) is 46.4 Å². The summed E-state index contributed by atoms with van der Waals surface area (Å²) in [5.74, 6) is -4.26. The van der Waals surface area contributed by atoms with E-state index in [0.717, 1.165) is 61.8 Å². The van der Waals surface area contributed by atoms with Crippen molar-refractivity contribution < 1.29 is 63.2 Å². The largest absolute Gasteiger partial charge is 0.478 e. The predicted molar refractivity (Wildman–Crippen MR) is 430 cm³/mol. The maximum absolute atomic E-state index is 13.9. The molecule has 0 radical (unpaired) electrons. The van der Waals surface area contributed by atoms with Crippen molar-refractivity contribution in [1.82, 2.24) is 0 Å². The van der Waals surface area contributed by atoms with Crippen molar-refractivity contribution in [3.05, 3.63) is 265 Å². The Morgan fingerprint density at radius 1 is 0.430 bits per heavy atom. The number of anilines is 2. The molecule has 6 N–H and O–H groups in total. The molecule has 15 rings (SSSR count). The van der Waals surface area contributed by atoms with Gasteiger partial charge in [0.15, 0.2) is 0 Å². The number of ketones is 2. The van der Waals surface area contributed by atoms with E-state index < -0.39 is 29.1 Å². The summed E-state index contributed by atoms with van der Waals surface area (Å²) in [6.07, 6.45) is 9.85. The summed E-state index contributed by atoms with van der Waals surface area (Å²) in [5, 5.41) is 53.6. The molecule has 4 aromatic heterocycles. The lowest BCUT2D eigenvalue weighted by Crippen LogP contribution is -2.26. The van der Waals surface area contributed by atoms with Gasteiger partial charge in [-0.05, 0) is 148 Å². The topological polar surface area (TPSA) is 242 Å². The molecule has 1 fully saturated rings. The number of hydrogen-bond donors (Lipinski definition) is 6. The lowest BCUT2D eigenvalue weighted by molar-refractivity contribution is -0.120. The SMILES string of the molecule is O=C(CCC1CCCCC1)Cc1scc(-c2ccc(Cl)cc2)c1C(=O)O.O=C(O)c1c(-c2ccc(Cl)cc2)csc1CC(=O)C1Cc2ccccc21.O=C(O)c1c(-c2ccc(Cl)cc2)csc1NC(=O)C1Cc2c(F)cccc2S1.O=C(O)c1c(-c2ccc(Cl)cc2)csc1NC(=O)C1Cc2ccccc2S1. The molecule has 4 aliphatic rings. The monoisotopic (exact) mass is 1620 g/mol. The van der Waals surface area contributed by atoms with Crippen LogP contribution < -0.4 is 10.6 Å². The van der Waals surface area contributed by atoms with Crippen molar-refractivity contribution in [2.24, 2.45) is 5.92 Å². The fraction of sp³-hybridized carbons (Fsp3) is 0.195. The molecule has 3 atom stereocenters. The van der Waals surface area contributed by atoms with Gasteiger partial charge in [0.25, 0.3) is 0 Å². The maximum Gasteiger partial charge on any atom is 0.339 e. The van der Waals surface area contributed by atoms with Crippen LogP contribution in [0.5, 0.6) is 0 Å². The number of hydrogen-bond acceptors (Lipinski definition) is 14. The smallest absolute Gasteiger partial charge is 0.339 e. The number of amides is 2. The van der Waals surface area contributed by atoms with E-state index in [1.807, 2.05) is 71.4 Å². The van der Waals surface area contributed by atoms with Crippen LogP contribution in [0.4, 0.5) is 14.4 Å². The number of thioether (sulfide) groups is 2. The van der Waals surface area contributed by atoms with Crippen LogP contribution in [-0.4, -0.2) is 78.2 Å². The van der Waals surface area contributed by atoms with Gasteiger partial charge in [0, 0.05) is 103 Å². The first kappa shape index (κ1) is 77.9. The summed E-state index contributed by atoms with van der Waals surface area (Å²) in [6, 6.07) is 48.6. The fourth-order valence-electron chi connectivity index (χ4n) is 13.2. The molecule has 6 heterocycles. The van der Waals surface area contributed by atoms with Crippen LogP contribution in [-0.2, 0) is 51.3 Å². The first-order valence-corrected chi connectivity index (χ1v) is 40.7. The molecule has 0 spiro atoms. The summed E-state index contributed by atoms with van der Waals surface area (Å²) in [5.41, 5.74) is 9.99. The number of aromatic carboxylic acids is 4. The van der Waals surface area contributed by atoms with Gasteiger partial charge in [-0.2, -0.15) is 0 Å². The first-order chi connectivity index (χ1) is 51.5. The number of carbonyl (C=O) groups excluding carboxylic acids is 4. The van der Waals surface area contributed by atoms with Gasteiger partial charge in [0.2, 0.25) is 11.8 Å². The normalized spacial score (nSPS) is 15.2. The van der Waals surface area contributed by atoms with E-state index >= 15 is 0 Å². The summed E-state index contributed by atoms with van der Waals surface area (Å²) in [4.78, 5) is 101. The van der Waals surface area contributed by atoms with Crippen LogP contribution in [0.25, 0.3) is 44.5 Å². The van der Waals surface area contributed by atoms with Crippen molar-refractivity contribution in [2.45, 2.75) is 103 Å². The summed E-state index contributed by atoms with van der Waals surface area (Å²) >= 11 is 31.5. The zero-order chi connectivity index (χ0) is 75.6. The lowest BCUT2D eigenvalue weighted by Gasteiger charge is -2.28. The Morgan fingerprint density at radius 2 is 0.841 bits per heavy atom. The number of halogens is 5. The molecule has 3 unspecified atom stereocenters. The molecule has 0 saturated heterocycles. The molecule has 1 saturated carbocycles. The third-order valence-corrected chi connectivity index (χ3v) is 26.1. The van der Waals surface area contributed by atoms with Crippen molar-refractivity contribution in [2.75, 3.05) is 10.6 Å². The van der Waals surface area contributed by atoms with Gasteiger partial charge < -0.3 is 31.1 Å². The van der Waals surface area contributed by atoms with Crippen molar-refractivity contribution in [3.63, 3.8) is 0 Å². The van der Waals surface area contributed by atoms with Gasteiger partial charge in [-0.3, -0.25) is 19.2 Å². The standard InChI is InChI=1S/C21H15ClO3S.C21H23ClO3S.C20H13ClFNO3S2.C20H14ClNO3S2/c22-14-7-5-12(6-8-14)17-11-26-19(20(17)21(24)25)10-18(23)16-9-13-3-1-2-4-15(13)16;22-16-9-7-15(8-10-16)18-13-26-19(20(18)21(24)25)12-17(23)11-6-14-4-2-1-3-5-14;21-11-6-4-10(5-7-11)13-9-27-19(17(13)20(25)26)23-18(24)16-8-12-14(22)2-1-3-15(12)28-16;21-13-7-5-11(6-8-13)14-10-26-19(17(14)20(24)25)22-18(23)16-9-12-3-1-2-4-15(12)27-16/h1-8,11,16H,9-10H2,(H,24,25);7-10,13-14H,1-6,11-12H2,(H,24,25);1-7,9,16H,8H2,(H,23,24)(H,25,26);1-8,10,16H,9H2,(H,22,23)(H,24,25). The highest BCUT2D eigenvalue weighted by atomic mass is 35.5. The van der Waals surface area contributed by atoms with E-state index in [-0.39, 0.29) is 86.9 Å². The number of fused-ring (bicyclic) bond motifs is 3. The van der Waals surface area contributed by atoms with Crippen LogP contribution in [0.1, 0.15) is 124 Å². The third-order valence-electron chi connectivity index (χ3n) is 18.7. The number of carboxylic acid groups (broad SMARTS) is 4. The number of carboxylic acids is 4. The Hall–Kier alpha value is -8.71. The Bertz CT molecular complexity index is 5140. The van der Waals surface area contributed by atoms with Gasteiger partial charge >= 0.3 is 23.9 Å². The van der Waals surface area contributed by atoms with E-state index in [1.165, 1.54) is 101 Å². The maximum atomic E-state index is 13.9. The van der Waals surface area contributed by atoms with Crippen LogP contribution in [0.15, 0.2) is 195 Å². The highest BCUT2D eigenvalue weighted by Crippen LogP contribution is 2.45. The van der Waals surface area contributed by atoms with Crippen molar-refractivity contribution >= 4 is 173 Å². The zero-order valence-electron chi connectivity index (χ0n) is 56.6. The Balaban J connectivity index is 0.000000134. The van der Waals surface area contributed by atoms with Gasteiger partial charge in [-0.25, -0.2) is 23.6 Å². The highest BCUT2D eigenvalue weighted by molar-refractivity contribution is 8.01. The summed E-state index contributed by atoms with van der Waals surface area (Å²) in [7, 11) is 0. The summed E-state index contributed by atoms with van der Waals surface area (Å²) in [6.45, 7) is 0. The molecule has 14 nitrogen and oxygen atoms in total. The second-order valence-corrected chi connectivity index (χ2v) is 33.6. The number of Topliss-reactive ketones (excluding diaryl/α,β-unsaturated/α-hetero) is 2. The minimum atomic E-state index is -1.13. The van der Waals surface area contributed by atoms with E-state index in [1.54, 1.807) is 108 Å². The first-order valence-electron chi connectivity index (χ1n) is 33.9.